The van der Waals surface area contributed by atoms with Crippen LogP contribution in [0.4, 0.5) is 5.69 Å². The van der Waals surface area contributed by atoms with E-state index in [2.05, 4.69) is 4.99 Å². The lowest BCUT2D eigenvalue weighted by Gasteiger charge is -2.26. The number of benzene rings is 2. The second-order valence-corrected chi connectivity index (χ2v) is 10.0. The summed E-state index contributed by atoms with van der Waals surface area (Å²) in [6.07, 6.45) is 2.60. The van der Waals surface area contributed by atoms with Crippen LogP contribution in [0.15, 0.2) is 41.4 Å². The van der Waals surface area contributed by atoms with Crippen molar-refractivity contribution in [3.8, 4) is 11.5 Å². The fraction of sp³-hybridized carbons (Fsp3) is 0.348. The van der Waals surface area contributed by atoms with E-state index in [0.717, 1.165) is 11.2 Å². The van der Waals surface area contributed by atoms with Crippen LogP contribution in [-0.4, -0.2) is 76.2 Å². The van der Waals surface area contributed by atoms with E-state index in [-0.39, 0.29) is 11.1 Å². The first kappa shape index (κ1) is 24.2. The van der Waals surface area contributed by atoms with E-state index >= 15 is 0 Å². The molecule has 0 spiro atoms. The summed E-state index contributed by atoms with van der Waals surface area (Å²) in [6, 6.07) is 8.63. The van der Waals surface area contributed by atoms with Gasteiger partial charge in [0.1, 0.15) is 9.84 Å². The van der Waals surface area contributed by atoms with Crippen LogP contribution in [0.1, 0.15) is 39.2 Å². The number of amides is 2. The van der Waals surface area contributed by atoms with E-state index in [9.17, 15) is 18.0 Å². The Hall–Kier alpha value is -3.40. The molecule has 2 aromatic rings. The largest absolute Gasteiger partial charge is 0.493 e. The number of carbonyl (C=O) groups excluding carboxylic acids is 2. The number of carbonyl (C=O) groups is 2. The maximum absolute atomic E-state index is 13.5. The number of ether oxygens (including phenoxy) is 2. The number of sulfone groups is 1. The number of nitrogens with zero attached hydrogens (tertiary/aromatic N) is 3. The summed E-state index contributed by atoms with van der Waals surface area (Å²) >= 11 is 0. The van der Waals surface area contributed by atoms with Crippen molar-refractivity contribution < 1.29 is 27.5 Å². The van der Waals surface area contributed by atoms with Crippen molar-refractivity contribution in [2.75, 3.05) is 39.8 Å². The van der Waals surface area contributed by atoms with Crippen LogP contribution in [-0.2, 0) is 9.84 Å². The standard InChI is InChI=1S/C23H27N3O6S/c1-6-32-20-12-15(10-11-19(20)31-4)18(13-33(5,29)30)26-22(27)16-8-7-9-17(21(16)23(26)28)24-14-25(2)3/h7-12,14,18H,6,13H2,1-5H3. The van der Waals surface area contributed by atoms with Gasteiger partial charge >= 0.3 is 0 Å². The molecule has 10 heteroatoms. The minimum Gasteiger partial charge on any atom is -0.493 e. The Labute approximate surface area is 193 Å². The van der Waals surface area contributed by atoms with Crippen molar-refractivity contribution in [1.29, 1.82) is 0 Å². The molecule has 0 radical (unpaired) electrons. The summed E-state index contributed by atoms with van der Waals surface area (Å²) in [5, 5.41) is 0. The lowest BCUT2D eigenvalue weighted by molar-refractivity contribution is 0.0597. The molecule has 1 atom stereocenters. The molecule has 0 saturated carbocycles. The molecule has 176 valence electrons. The number of imide groups is 1. The number of aliphatic imine (C=N–C) groups is 1. The van der Waals surface area contributed by atoms with Gasteiger partial charge in [0.2, 0.25) is 0 Å². The third-order valence-electron chi connectivity index (χ3n) is 5.00. The van der Waals surface area contributed by atoms with Crippen molar-refractivity contribution in [1.82, 2.24) is 9.80 Å². The first-order valence-corrected chi connectivity index (χ1v) is 12.3. The minimum absolute atomic E-state index is 0.151. The van der Waals surface area contributed by atoms with Gasteiger partial charge in [0.05, 0.1) is 48.7 Å². The number of fused-ring (bicyclic) bond motifs is 1. The highest BCUT2D eigenvalue weighted by atomic mass is 32.2. The Balaban J connectivity index is 2.13. The Morgan fingerprint density at radius 3 is 2.45 bits per heavy atom. The summed E-state index contributed by atoms with van der Waals surface area (Å²) in [5.74, 6) is -0.749. The maximum Gasteiger partial charge on any atom is 0.264 e. The zero-order valence-electron chi connectivity index (χ0n) is 19.2. The van der Waals surface area contributed by atoms with E-state index < -0.39 is 33.4 Å². The van der Waals surface area contributed by atoms with Crippen LogP contribution in [0, 0.1) is 0 Å². The fourth-order valence-electron chi connectivity index (χ4n) is 3.63. The quantitative estimate of drug-likeness (QED) is 0.313. The van der Waals surface area contributed by atoms with Crippen LogP contribution in [0.5, 0.6) is 11.5 Å². The van der Waals surface area contributed by atoms with Gasteiger partial charge in [-0.1, -0.05) is 12.1 Å². The number of hydrogen-bond donors (Lipinski definition) is 0. The highest BCUT2D eigenvalue weighted by molar-refractivity contribution is 7.90. The Bertz CT molecular complexity index is 1210. The summed E-state index contributed by atoms with van der Waals surface area (Å²) in [6.45, 7) is 2.16. The van der Waals surface area contributed by atoms with Gasteiger partial charge in [-0.05, 0) is 36.8 Å². The summed E-state index contributed by atoms with van der Waals surface area (Å²) in [5.41, 5.74) is 1.12. The first-order chi connectivity index (χ1) is 15.6. The average molecular weight is 474 g/mol. The molecule has 1 heterocycles. The molecule has 2 aromatic carbocycles. The predicted molar refractivity (Wildman–Crippen MR) is 125 cm³/mol. The monoisotopic (exact) mass is 473 g/mol. The topological polar surface area (TPSA) is 106 Å². The second-order valence-electron chi connectivity index (χ2n) is 7.84. The third kappa shape index (κ3) is 5.16. The van der Waals surface area contributed by atoms with E-state index in [0.29, 0.717) is 29.4 Å². The van der Waals surface area contributed by atoms with Crippen molar-refractivity contribution in [3.05, 3.63) is 53.1 Å². The molecule has 3 rings (SSSR count). The summed E-state index contributed by atoms with van der Waals surface area (Å²) < 4.78 is 35.5. The third-order valence-corrected chi connectivity index (χ3v) is 5.92. The molecular formula is C23H27N3O6S. The molecule has 0 aliphatic carbocycles. The first-order valence-electron chi connectivity index (χ1n) is 10.3. The molecular weight excluding hydrogens is 446 g/mol. The lowest BCUT2D eigenvalue weighted by atomic mass is 10.1. The average Bonchev–Trinajstić information content (AvgIpc) is 3.01. The molecule has 2 amide bonds. The van der Waals surface area contributed by atoms with E-state index in [1.807, 2.05) is 0 Å². The van der Waals surface area contributed by atoms with E-state index in [4.69, 9.17) is 9.47 Å². The molecule has 9 nitrogen and oxygen atoms in total. The molecule has 0 aromatic heterocycles. The van der Waals surface area contributed by atoms with Gasteiger partial charge in [0.25, 0.3) is 11.8 Å². The van der Waals surface area contributed by atoms with Gasteiger partial charge in [0, 0.05) is 20.4 Å². The van der Waals surface area contributed by atoms with Gasteiger partial charge in [0.15, 0.2) is 11.5 Å². The molecule has 0 bridgehead atoms. The minimum atomic E-state index is -3.57. The van der Waals surface area contributed by atoms with Crippen molar-refractivity contribution >= 4 is 33.7 Å². The molecule has 1 aliphatic heterocycles. The zero-order valence-corrected chi connectivity index (χ0v) is 20.0. The van der Waals surface area contributed by atoms with Crippen LogP contribution in [0.2, 0.25) is 0 Å². The predicted octanol–water partition coefficient (Wildman–Crippen LogP) is 2.70. The Morgan fingerprint density at radius 1 is 1.12 bits per heavy atom. The van der Waals surface area contributed by atoms with Gasteiger partial charge in [-0.25, -0.2) is 13.4 Å². The van der Waals surface area contributed by atoms with E-state index in [1.54, 1.807) is 62.3 Å². The van der Waals surface area contributed by atoms with Crippen LogP contribution in [0.25, 0.3) is 0 Å². The molecule has 33 heavy (non-hydrogen) atoms. The summed E-state index contributed by atoms with van der Waals surface area (Å²) in [7, 11) is 1.49. The van der Waals surface area contributed by atoms with E-state index in [1.165, 1.54) is 13.4 Å². The van der Waals surface area contributed by atoms with Gasteiger partial charge in [-0.2, -0.15) is 0 Å². The van der Waals surface area contributed by atoms with Gasteiger partial charge in [-0.15, -0.1) is 0 Å². The molecule has 0 fully saturated rings. The molecule has 0 saturated heterocycles. The number of rotatable bonds is 9. The zero-order chi connectivity index (χ0) is 24.3. The Kier molecular flexibility index (Phi) is 7.06. The molecule has 1 aliphatic rings. The van der Waals surface area contributed by atoms with Crippen LogP contribution in [0.3, 0.4) is 0 Å². The van der Waals surface area contributed by atoms with Gasteiger partial charge < -0.3 is 14.4 Å². The van der Waals surface area contributed by atoms with Crippen LogP contribution < -0.4 is 9.47 Å². The van der Waals surface area contributed by atoms with Crippen molar-refractivity contribution in [2.24, 2.45) is 4.99 Å². The second kappa shape index (κ2) is 9.62. The highest BCUT2D eigenvalue weighted by Crippen LogP contribution is 2.39. The van der Waals surface area contributed by atoms with Crippen molar-refractivity contribution in [3.63, 3.8) is 0 Å². The highest BCUT2D eigenvalue weighted by Gasteiger charge is 2.43. The smallest absolute Gasteiger partial charge is 0.264 e. The molecule has 0 N–H and O–H groups in total. The normalized spacial score (nSPS) is 14.5. The number of hydrogen-bond acceptors (Lipinski definition) is 7. The maximum atomic E-state index is 13.5. The van der Waals surface area contributed by atoms with Crippen LogP contribution >= 0.6 is 0 Å². The fourth-order valence-corrected chi connectivity index (χ4v) is 4.54. The Morgan fingerprint density at radius 2 is 1.85 bits per heavy atom. The lowest BCUT2D eigenvalue weighted by Crippen LogP contribution is -2.37. The number of methoxy groups -OCH3 is 1. The SMILES string of the molecule is CCOc1cc(C(CS(C)(=O)=O)N2C(=O)c3cccc(N=CN(C)C)c3C2=O)ccc1OC. The van der Waals surface area contributed by atoms with Crippen molar-refractivity contribution in [2.45, 2.75) is 13.0 Å². The van der Waals surface area contributed by atoms with Gasteiger partial charge in [-0.3, -0.25) is 14.5 Å². The summed E-state index contributed by atoms with van der Waals surface area (Å²) in [4.78, 5) is 33.8. The molecule has 1 unspecified atom stereocenters.